The maximum atomic E-state index is 13.9. The molecule has 0 saturated carbocycles. The summed E-state index contributed by atoms with van der Waals surface area (Å²) < 4.78 is 55.1. The zero-order chi connectivity index (χ0) is 19.2. The molecule has 0 unspecified atom stereocenters. The van der Waals surface area contributed by atoms with Gasteiger partial charge in [-0.3, -0.25) is 9.38 Å². The maximum Gasteiger partial charge on any atom is 0.453 e. The van der Waals surface area contributed by atoms with Crippen molar-refractivity contribution in [1.29, 1.82) is 0 Å². The molecule has 0 bridgehead atoms. The van der Waals surface area contributed by atoms with Crippen molar-refractivity contribution in [1.82, 2.24) is 27.3 Å². The van der Waals surface area contributed by atoms with Crippen molar-refractivity contribution in [2.75, 3.05) is 0 Å². The summed E-state index contributed by atoms with van der Waals surface area (Å²) in [6.07, 6.45) is -0.0311. The second kappa shape index (κ2) is 6.55. The van der Waals surface area contributed by atoms with Crippen molar-refractivity contribution in [3.63, 3.8) is 0 Å². The summed E-state index contributed by atoms with van der Waals surface area (Å²) in [5.74, 6) is -1.60. The van der Waals surface area contributed by atoms with Gasteiger partial charge < -0.3 is 0 Å². The Hall–Kier alpha value is -2.57. The molecule has 0 atom stereocenters. The van der Waals surface area contributed by atoms with Crippen LogP contribution in [0.5, 0.6) is 0 Å². The quantitative estimate of drug-likeness (QED) is 0.324. The van der Waals surface area contributed by atoms with Gasteiger partial charge in [0.1, 0.15) is 11.5 Å². The van der Waals surface area contributed by atoms with E-state index in [1.807, 2.05) is 0 Å². The van der Waals surface area contributed by atoms with E-state index in [4.69, 9.17) is 0 Å². The molecule has 0 saturated heterocycles. The number of alkyl halides is 3. The van der Waals surface area contributed by atoms with Crippen LogP contribution in [0.25, 0.3) is 17.2 Å². The molecule has 3 heterocycles. The molecule has 0 aliphatic heterocycles. The minimum absolute atomic E-state index is 0.00142. The summed E-state index contributed by atoms with van der Waals surface area (Å²) in [5, 5.41) is 3.41. The monoisotopic (exact) mass is 488 g/mol. The molecule has 0 aliphatic carbocycles. The van der Waals surface area contributed by atoms with Gasteiger partial charge in [-0.2, -0.15) is 16.1 Å². The Balaban J connectivity index is 1.80. The summed E-state index contributed by atoms with van der Waals surface area (Å²) in [5.41, 5.74) is 1.66. The number of benzene rings is 1. The average Bonchev–Trinajstić information content (AvgIpc) is 3.20. The van der Waals surface area contributed by atoms with Gasteiger partial charge in [0.2, 0.25) is 0 Å². The fourth-order valence-electron chi connectivity index (χ4n) is 2.65. The van der Waals surface area contributed by atoms with Gasteiger partial charge in [0.15, 0.2) is 11.5 Å². The third-order valence-corrected chi connectivity index (χ3v) is 4.54. The Bertz CT molecular complexity index is 1130. The number of hydrogen-bond acceptors (Lipinski definition) is 4. The Morgan fingerprint density at radius 3 is 2.59 bits per heavy atom. The summed E-state index contributed by atoms with van der Waals surface area (Å²) in [6, 6.07) is 6.30. The largest absolute Gasteiger partial charge is 0.453 e. The maximum absolute atomic E-state index is 13.9. The van der Waals surface area contributed by atoms with Crippen molar-refractivity contribution < 1.29 is 17.6 Å². The highest BCUT2D eigenvalue weighted by Crippen LogP contribution is 2.30. The number of rotatable bonds is 3. The van der Waals surface area contributed by atoms with E-state index in [-0.39, 0.29) is 18.1 Å². The van der Waals surface area contributed by atoms with Crippen LogP contribution in [0.3, 0.4) is 0 Å². The minimum atomic E-state index is -4.65. The number of halogens is 5. The number of imidazole rings is 1. The van der Waals surface area contributed by atoms with E-state index in [0.29, 0.717) is 22.6 Å². The van der Waals surface area contributed by atoms with Crippen LogP contribution < -0.4 is 0 Å². The zero-order valence-electron chi connectivity index (χ0n) is 13.3. The SMILES string of the molecule is Fc1ccccc1Cc1nccn2c(-c3nc(C(F)(F)F)nn3I)cnc12. The lowest BCUT2D eigenvalue weighted by Crippen LogP contribution is -2.07. The molecule has 138 valence electrons. The summed E-state index contributed by atoms with van der Waals surface area (Å²) in [4.78, 5) is 12.1. The molecule has 1 aromatic carbocycles. The van der Waals surface area contributed by atoms with E-state index in [1.165, 1.54) is 18.5 Å². The first-order chi connectivity index (χ1) is 12.8. The molecule has 0 N–H and O–H groups in total. The topological polar surface area (TPSA) is 60.9 Å². The van der Waals surface area contributed by atoms with Crippen LogP contribution in [-0.2, 0) is 12.6 Å². The van der Waals surface area contributed by atoms with E-state index in [2.05, 4.69) is 20.1 Å². The fraction of sp³-hybridized carbons (Fsp3) is 0.125. The molecular formula is C16H9F4IN6. The van der Waals surface area contributed by atoms with Crippen molar-refractivity contribution in [2.45, 2.75) is 12.6 Å². The lowest BCUT2D eigenvalue weighted by Gasteiger charge is -2.05. The minimum Gasteiger partial charge on any atom is -0.294 e. The predicted octanol–water partition coefficient (Wildman–Crippen LogP) is 3.93. The van der Waals surface area contributed by atoms with E-state index in [1.54, 1.807) is 51.7 Å². The highest BCUT2D eigenvalue weighted by Gasteiger charge is 2.37. The van der Waals surface area contributed by atoms with Crippen molar-refractivity contribution >= 4 is 28.5 Å². The van der Waals surface area contributed by atoms with Gasteiger partial charge in [0.25, 0.3) is 5.82 Å². The Labute approximate surface area is 163 Å². The van der Waals surface area contributed by atoms with Gasteiger partial charge >= 0.3 is 6.18 Å². The van der Waals surface area contributed by atoms with Crippen LogP contribution >= 0.6 is 22.9 Å². The molecule has 0 aliphatic rings. The molecule has 0 spiro atoms. The summed E-state index contributed by atoms with van der Waals surface area (Å²) in [6.45, 7) is 0. The van der Waals surface area contributed by atoms with Crippen LogP contribution in [0.4, 0.5) is 17.6 Å². The van der Waals surface area contributed by atoms with Gasteiger partial charge in [-0.1, -0.05) is 18.2 Å². The molecule has 0 radical (unpaired) electrons. The van der Waals surface area contributed by atoms with Crippen molar-refractivity contribution in [3.05, 3.63) is 65.8 Å². The van der Waals surface area contributed by atoms with E-state index in [9.17, 15) is 17.6 Å². The number of hydrogen-bond donors (Lipinski definition) is 0. The molecular weight excluding hydrogens is 479 g/mol. The Morgan fingerprint density at radius 1 is 1.11 bits per heavy atom. The normalized spacial score (nSPS) is 12.0. The van der Waals surface area contributed by atoms with Gasteiger partial charge in [-0.05, 0) is 11.6 Å². The smallest absolute Gasteiger partial charge is 0.294 e. The van der Waals surface area contributed by atoms with Gasteiger partial charge in [-0.25, -0.2) is 14.4 Å². The lowest BCUT2D eigenvalue weighted by atomic mass is 10.1. The van der Waals surface area contributed by atoms with Crippen LogP contribution in [0.2, 0.25) is 0 Å². The molecule has 11 heteroatoms. The van der Waals surface area contributed by atoms with E-state index < -0.39 is 12.0 Å². The highest BCUT2D eigenvalue weighted by atomic mass is 127. The van der Waals surface area contributed by atoms with E-state index in [0.717, 1.165) is 2.90 Å². The third-order valence-electron chi connectivity index (χ3n) is 3.87. The Morgan fingerprint density at radius 2 is 1.89 bits per heavy atom. The third kappa shape index (κ3) is 3.26. The molecule has 4 rings (SSSR count). The van der Waals surface area contributed by atoms with Gasteiger partial charge in [0, 0.05) is 18.8 Å². The number of nitrogens with zero attached hydrogens (tertiary/aromatic N) is 6. The highest BCUT2D eigenvalue weighted by molar-refractivity contribution is 14.1. The second-order valence-corrected chi connectivity index (χ2v) is 6.51. The molecule has 0 fully saturated rings. The number of aromatic nitrogens is 6. The molecule has 4 aromatic rings. The number of fused-ring (bicyclic) bond motifs is 1. The van der Waals surface area contributed by atoms with E-state index >= 15 is 0 Å². The average molecular weight is 488 g/mol. The Kier molecular flexibility index (Phi) is 4.32. The first kappa shape index (κ1) is 17.8. The summed E-state index contributed by atoms with van der Waals surface area (Å²) >= 11 is 1.62. The van der Waals surface area contributed by atoms with Crippen LogP contribution in [0, 0.1) is 5.82 Å². The second-order valence-electron chi connectivity index (χ2n) is 5.60. The van der Waals surface area contributed by atoms with Gasteiger partial charge in [-0.15, -0.1) is 5.10 Å². The van der Waals surface area contributed by atoms with Crippen molar-refractivity contribution in [2.24, 2.45) is 0 Å². The van der Waals surface area contributed by atoms with Crippen LogP contribution in [0.15, 0.2) is 42.9 Å². The molecule has 3 aromatic heterocycles. The molecule has 0 amide bonds. The molecule has 6 nitrogen and oxygen atoms in total. The zero-order valence-corrected chi connectivity index (χ0v) is 15.5. The predicted molar refractivity (Wildman–Crippen MR) is 95.6 cm³/mol. The van der Waals surface area contributed by atoms with Crippen LogP contribution in [0.1, 0.15) is 17.1 Å². The fourth-order valence-corrected chi connectivity index (χ4v) is 3.21. The lowest BCUT2D eigenvalue weighted by molar-refractivity contribution is -0.144. The summed E-state index contributed by atoms with van der Waals surface area (Å²) in [7, 11) is 0. The first-order valence-electron chi connectivity index (χ1n) is 7.59. The van der Waals surface area contributed by atoms with Gasteiger partial charge in [0.05, 0.1) is 34.8 Å². The standard InChI is InChI=1S/C16H9F4IN6/c17-10-4-2-1-3-9(10)7-11-13-23-8-12(26(13)6-5-22-11)14-24-15(16(18,19)20)25-27(14)21/h1-6,8H,7H2. The first-order valence-corrected chi connectivity index (χ1v) is 8.56. The van der Waals surface area contributed by atoms with Crippen molar-refractivity contribution in [3.8, 4) is 11.5 Å². The van der Waals surface area contributed by atoms with Crippen LogP contribution in [-0.4, -0.2) is 27.3 Å². The molecule has 27 heavy (non-hydrogen) atoms.